The number of piperidine rings is 1. The van der Waals surface area contributed by atoms with E-state index in [1.165, 1.54) is 5.56 Å². The Morgan fingerprint density at radius 2 is 1.73 bits per heavy atom. The van der Waals surface area contributed by atoms with Crippen LogP contribution in [0.4, 0.5) is 4.79 Å². The molecule has 0 aliphatic carbocycles. The van der Waals surface area contributed by atoms with Gasteiger partial charge in [-0.1, -0.05) is 55.5 Å². The summed E-state index contributed by atoms with van der Waals surface area (Å²) < 4.78 is 0. The number of carboxylic acid groups (broad SMARTS) is 1. The molecule has 1 aromatic heterocycles. The molecule has 4 rings (SSSR count). The Hall–Kier alpha value is -3.28. The van der Waals surface area contributed by atoms with E-state index in [1.54, 1.807) is 4.90 Å². The molecule has 1 aliphatic rings. The molecule has 1 fully saturated rings. The number of likely N-dealkylation sites (tertiary alicyclic amines) is 1. The summed E-state index contributed by atoms with van der Waals surface area (Å²) in [4.78, 5) is 29.7. The molecule has 2 aromatic carbocycles. The molecule has 0 bridgehead atoms. The van der Waals surface area contributed by atoms with E-state index < -0.39 is 12.0 Å². The highest BCUT2D eigenvalue weighted by molar-refractivity contribution is 5.87. The summed E-state index contributed by atoms with van der Waals surface area (Å²) in [5.74, 6) is -0.958. The molecular weight excluding hydrogens is 378 g/mol. The number of carbonyl (C=O) groups excluding carboxylic acids is 1. The normalized spacial score (nSPS) is 16.9. The Bertz CT molecular complexity index is 1020. The second kappa shape index (κ2) is 8.61. The molecule has 2 heterocycles. The fourth-order valence-electron chi connectivity index (χ4n) is 4.42. The molecule has 156 valence electrons. The second-order valence-corrected chi connectivity index (χ2v) is 8.02. The van der Waals surface area contributed by atoms with E-state index >= 15 is 0 Å². The summed E-state index contributed by atoms with van der Waals surface area (Å²) >= 11 is 0. The number of urea groups is 1. The molecule has 2 unspecified atom stereocenters. The van der Waals surface area contributed by atoms with Gasteiger partial charge in [-0.3, -0.25) is 0 Å². The van der Waals surface area contributed by atoms with Crippen LogP contribution in [0, 0.1) is 0 Å². The number of rotatable bonds is 5. The van der Waals surface area contributed by atoms with Crippen molar-refractivity contribution in [1.29, 1.82) is 0 Å². The Balaban J connectivity index is 1.42. The number of carboxylic acids is 1. The highest BCUT2D eigenvalue weighted by atomic mass is 16.4. The van der Waals surface area contributed by atoms with E-state index in [4.69, 9.17) is 0 Å². The molecule has 3 aromatic rings. The topological polar surface area (TPSA) is 85.4 Å². The first-order valence-corrected chi connectivity index (χ1v) is 10.4. The third-order valence-corrected chi connectivity index (χ3v) is 6.21. The van der Waals surface area contributed by atoms with E-state index in [1.807, 2.05) is 55.6 Å². The van der Waals surface area contributed by atoms with Crippen LogP contribution >= 0.6 is 0 Å². The van der Waals surface area contributed by atoms with Crippen molar-refractivity contribution in [2.24, 2.45) is 0 Å². The fourth-order valence-corrected chi connectivity index (χ4v) is 4.42. The molecule has 30 heavy (non-hydrogen) atoms. The number of aliphatic carboxylic acids is 1. The van der Waals surface area contributed by atoms with Crippen molar-refractivity contribution in [3.05, 3.63) is 71.9 Å². The third kappa shape index (κ3) is 4.03. The Labute approximate surface area is 175 Å². The highest BCUT2D eigenvalue weighted by Crippen LogP contribution is 2.29. The van der Waals surface area contributed by atoms with Gasteiger partial charge in [0, 0.05) is 36.1 Å². The average Bonchev–Trinajstić information content (AvgIpc) is 3.21. The largest absolute Gasteiger partial charge is 0.480 e. The summed E-state index contributed by atoms with van der Waals surface area (Å²) in [5.41, 5.74) is 3.15. The number of amides is 2. The number of aromatic nitrogens is 1. The van der Waals surface area contributed by atoms with Gasteiger partial charge in [-0.25, -0.2) is 9.59 Å². The molecule has 0 spiro atoms. The standard InChI is InChI=1S/C24H27N3O3/c1-16(20-15-25-21-10-6-5-9-19(20)21)22(23(28)29)26-24(30)27-13-11-18(12-14-27)17-7-3-2-4-8-17/h2-10,15-16,18,22,25H,11-14H2,1H3,(H,26,30)(H,28,29). The SMILES string of the molecule is CC(c1c[nH]c2ccccc12)C(NC(=O)N1CCC(c2ccccc2)CC1)C(=O)O. The van der Waals surface area contributed by atoms with Crippen LogP contribution in [0.1, 0.15) is 42.7 Å². The maximum absolute atomic E-state index is 12.8. The highest BCUT2D eigenvalue weighted by Gasteiger charge is 2.32. The maximum Gasteiger partial charge on any atom is 0.326 e. The van der Waals surface area contributed by atoms with Crippen LogP contribution in [-0.4, -0.2) is 46.1 Å². The van der Waals surface area contributed by atoms with Crippen molar-refractivity contribution < 1.29 is 14.7 Å². The Morgan fingerprint density at radius 1 is 1.07 bits per heavy atom. The van der Waals surface area contributed by atoms with Gasteiger partial charge in [-0.05, 0) is 36.0 Å². The zero-order valence-electron chi connectivity index (χ0n) is 17.0. The predicted molar refractivity (Wildman–Crippen MR) is 117 cm³/mol. The third-order valence-electron chi connectivity index (χ3n) is 6.21. The number of nitrogens with one attached hydrogen (secondary N) is 2. The van der Waals surface area contributed by atoms with E-state index in [-0.39, 0.29) is 11.9 Å². The summed E-state index contributed by atoms with van der Waals surface area (Å²) in [6.45, 7) is 3.09. The van der Waals surface area contributed by atoms with Crippen molar-refractivity contribution in [2.45, 2.75) is 37.6 Å². The van der Waals surface area contributed by atoms with Crippen molar-refractivity contribution in [3.63, 3.8) is 0 Å². The van der Waals surface area contributed by atoms with Gasteiger partial charge in [0.05, 0.1) is 0 Å². The van der Waals surface area contributed by atoms with Gasteiger partial charge in [0.25, 0.3) is 0 Å². The lowest BCUT2D eigenvalue weighted by molar-refractivity contribution is -0.139. The Kier molecular flexibility index (Phi) is 5.74. The molecule has 0 saturated carbocycles. The van der Waals surface area contributed by atoms with E-state index in [0.717, 1.165) is 29.3 Å². The second-order valence-electron chi connectivity index (χ2n) is 8.02. The number of benzene rings is 2. The van der Waals surface area contributed by atoms with Crippen LogP contribution in [0.25, 0.3) is 10.9 Å². The summed E-state index contributed by atoms with van der Waals surface area (Å²) in [7, 11) is 0. The zero-order valence-corrected chi connectivity index (χ0v) is 17.0. The maximum atomic E-state index is 12.8. The van der Waals surface area contributed by atoms with Gasteiger partial charge >= 0.3 is 12.0 Å². The van der Waals surface area contributed by atoms with Gasteiger partial charge in [-0.2, -0.15) is 0 Å². The van der Waals surface area contributed by atoms with Gasteiger partial charge in [0.1, 0.15) is 6.04 Å². The first-order valence-electron chi connectivity index (χ1n) is 10.4. The number of hydrogen-bond donors (Lipinski definition) is 3. The van der Waals surface area contributed by atoms with Crippen LogP contribution in [0.5, 0.6) is 0 Å². The van der Waals surface area contributed by atoms with Crippen LogP contribution in [0.2, 0.25) is 0 Å². The molecular formula is C24H27N3O3. The quantitative estimate of drug-likeness (QED) is 0.591. The lowest BCUT2D eigenvalue weighted by Crippen LogP contribution is -2.51. The van der Waals surface area contributed by atoms with Crippen molar-refractivity contribution in [1.82, 2.24) is 15.2 Å². The number of nitrogens with zero attached hydrogens (tertiary/aromatic N) is 1. The van der Waals surface area contributed by atoms with Crippen molar-refractivity contribution in [2.75, 3.05) is 13.1 Å². The molecule has 6 nitrogen and oxygen atoms in total. The molecule has 6 heteroatoms. The molecule has 2 amide bonds. The molecule has 0 radical (unpaired) electrons. The van der Waals surface area contributed by atoms with Gasteiger partial charge < -0.3 is 20.3 Å². The number of carbonyl (C=O) groups is 2. The minimum Gasteiger partial charge on any atom is -0.480 e. The minimum absolute atomic E-state index is 0.305. The fraction of sp³-hybridized carbons (Fsp3) is 0.333. The smallest absolute Gasteiger partial charge is 0.326 e. The van der Waals surface area contributed by atoms with Crippen LogP contribution in [0.3, 0.4) is 0 Å². The van der Waals surface area contributed by atoms with Crippen molar-refractivity contribution in [3.8, 4) is 0 Å². The lowest BCUT2D eigenvalue weighted by Gasteiger charge is -2.33. The molecule has 1 saturated heterocycles. The van der Waals surface area contributed by atoms with Gasteiger partial charge in [-0.15, -0.1) is 0 Å². The average molecular weight is 405 g/mol. The molecule has 1 aliphatic heterocycles. The van der Waals surface area contributed by atoms with E-state index in [0.29, 0.717) is 19.0 Å². The zero-order chi connectivity index (χ0) is 21.1. The lowest BCUT2D eigenvalue weighted by atomic mass is 9.89. The van der Waals surface area contributed by atoms with Crippen LogP contribution in [0.15, 0.2) is 60.8 Å². The summed E-state index contributed by atoms with van der Waals surface area (Å²) in [6.07, 6.45) is 3.60. The summed E-state index contributed by atoms with van der Waals surface area (Å²) in [5, 5.41) is 13.6. The van der Waals surface area contributed by atoms with E-state index in [2.05, 4.69) is 22.4 Å². The minimum atomic E-state index is -1.03. The number of fused-ring (bicyclic) bond motifs is 1. The monoisotopic (exact) mass is 405 g/mol. The van der Waals surface area contributed by atoms with Crippen LogP contribution in [-0.2, 0) is 4.79 Å². The van der Waals surface area contributed by atoms with Crippen molar-refractivity contribution >= 4 is 22.9 Å². The Morgan fingerprint density at radius 3 is 2.43 bits per heavy atom. The number of para-hydroxylation sites is 1. The molecule has 3 N–H and O–H groups in total. The number of H-pyrrole nitrogens is 1. The van der Waals surface area contributed by atoms with Crippen LogP contribution < -0.4 is 5.32 Å². The van der Waals surface area contributed by atoms with E-state index in [9.17, 15) is 14.7 Å². The molecule has 2 atom stereocenters. The summed E-state index contributed by atoms with van der Waals surface area (Å²) in [6, 6.07) is 16.8. The number of hydrogen-bond acceptors (Lipinski definition) is 2. The van der Waals surface area contributed by atoms with Gasteiger partial charge in [0.2, 0.25) is 0 Å². The first kappa shape index (κ1) is 20.0. The predicted octanol–water partition coefficient (Wildman–Crippen LogP) is 4.31. The van der Waals surface area contributed by atoms with Gasteiger partial charge in [0.15, 0.2) is 0 Å². The first-order chi connectivity index (χ1) is 14.5. The number of aromatic amines is 1.